The molecule has 2 amide bonds. The number of amides is 2. The number of carbonyl (C=O) groups is 2. The van der Waals surface area contributed by atoms with Gasteiger partial charge in [0.05, 0.1) is 6.42 Å². The van der Waals surface area contributed by atoms with E-state index in [0.717, 1.165) is 4.90 Å². The van der Waals surface area contributed by atoms with Crippen molar-refractivity contribution in [2.24, 2.45) is 0 Å². The predicted octanol–water partition coefficient (Wildman–Crippen LogP) is 0.932. The Bertz CT molecular complexity index is 736. The summed E-state index contributed by atoms with van der Waals surface area (Å²) in [7, 11) is 1.47. The summed E-state index contributed by atoms with van der Waals surface area (Å²) in [5.74, 6) is -0.0585. The monoisotopic (exact) mass is 289 g/mol. The summed E-state index contributed by atoms with van der Waals surface area (Å²) in [6.45, 7) is 0. The van der Waals surface area contributed by atoms with Crippen LogP contribution in [-0.4, -0.2) is 43.5 Å². The Balaban J connectivity index is 2.12. The molecule has 0 aliphatic carbocycles. The van der Waals surface area contributed by atoms with Crippen molar-refractivity contribution in [1.29, 1.82) is 0 Å². The highest BCUT2D eigenvalue weighted by molar-refractivity contribution is 7.71. The van der Waals surface area contributed by atoms with Crippen molar-refractivity contribution in [2.45, 2.75) is 12.5 Å². The van der Waals surface area contributed by atoms with E-state index in [1.165, 1.54) is 7.05 Å². The average molecular weight is 289 g/mol. The molecule has 0 bridgehead atoms. The molecule has 1 N–H and O–H groups in total. The number of imide groups is 1. The van der Waals surface area contributed by atoms with Crippen LogP contribution in [0.5, 0.6) is 0 Å². The van der Waals surface area contributed by atoms with E-state index < -0.39 is 6.04 Å². The van der Waals surface area contributed by atoms with E-state index in [9.17, 15) is 9.59 Å². The fourth-order valence-electron chi connectivity index (χ4n) is 2.21. The third-order valence-corrected chi connectivity index (χ3v) is 3.56. The number of hydrogen-bond donors (Lipinski definition) is 1. The molecule has 1 fully saturated rings. The number of hydrogen-bond acceptors (Lipinski definition) is 5. The standard InChI is InChI=1S/C12H11N5O2S/c1-16-9(18)6-8(11(16)19)17-10(14-15-12(17)20)7-4-2-3-5-13-7/h2-5,8H,6H2,1H3,(H,15,20). The molecule has 0 radical (unpaired) electrons. The first-order valence-corrected chi connectivity index (χ1v) is 6.39. The molecule has 1 aliphatic rings. The summed E-state index contributed by atoms with van der Waals surface area (Å²) in [6, 6.07) is 4.72. The molecule has 0 aromatic carbocycles. The number of nitrogens with zero attached hydrogens (tertiary/aromatic N) is 4. The van der Waals surface area contributed by atoms with Gasteiger partial charge < -0.3 is 0 Å². The maximum Gasteiger partial charge on any atom is 0.252 e. The fraction of sp³-hybridized carbons (Fsp3) is 0.250. The number of pyridine rings is 1. The summed E-state index contributed by atoms with van der Waals surface area (Å²) in [5.41, 5.74) is 0.592. The zero-order valence-electron chi connectivity index (χ0n) is 10.6. The van der Waals surface area contributed by atoms with E-state index >= 15 is 0 Å². The van der Waals surface area contributed by atoms with Gasteiger partial charge in [0.25, 0.3) is 5.91 Å². The summed E-state index contributed by atoms with van der Waals surface area (Å²) in [4.78, 5) is 29.1. The molecule has 0 spiro atoms. The number of carbonyl (C=O) groups excluding carboxylic acids is 2. The van der Waals surface area contributed by atoms with Crippen LogP contribution in [0.4, 0.5) is 0 Å². The molecule has 7 nitrogen and oxygen atoms in total. The first kappa shape index (κ1) is 12.7. The second-order valence-electron chi connectivity index (χ2n) is 4.45. The van der Waals surface area contributed by atoms with Gasteiger partial charge in [-0.1, -0.05) is 6.07 Å². The van der Waals surface area contributed by atoms with E-state index in [0.29, 0.717) is 16.3 Å². The number of rotatable bonds is 2. The molecule has 102 valence electrons. The zero-order valence-corrected chi connectivity index (χ0v) is 11.4. The quantitative estimate of drug-likeness (QED) is 0.657. The van der Waals surface area contributed by atoms with Gasteiger partial charge in [-0.25, -0.2) is 0 Å². The fourth-order valence-corrected chi connectivity index (χ4v) is 2.47. The lowest BCUT2D eigenvalue weighted by atomic mass is 10.2. The summed E-state index contributed by atoms with van der Waals surface area (Å²) >= 11 is 5.17. The summed E-state index contributed by atoms with van der Waals surface area (Å²) in [6.07, 6.45) is 1.72. The Labute approximate surface area is 119 Å². The second-order valence-corrected chi connectivity index (χ2v) is 4.83. The maximum absolute atomic E-state index is 12.1. The predicted molar refractivity (Wildman–Crippen MR) is 72.1 cm³/mol. The van der Waals surface area contributed by atoms with Crippen LogP contribution < -0.4 is 0 Å². The molecule has 8 heteroatoms. The van der Waals surface area contributed by atoms with Crippen LogP contribution >= 0.6 is 12.2 Å². The van der Waals surface area contributed by atoms with Gasteiger partial charge in [-0.05, 0) is 24.4 Å². The van der Waals surface area contributed by atoms with Gasteiger partial charge in [-0.2, -0.15) is 5.10 Å². The molecule has 1 saturated heterocycles. The largest absolute Gasteiger partial charge is 0.286 e. The van der Waals surface area contributed by atoms with Crippen molar-refractivity contribution < 1.29 is 9.59 Å². The van der Waals surface area contributed by atoms with E-state index in [1.54, 1.807) is 22.9 Å². The first-order valence-electron chi connectivity index (χ1n) is 5.98. The zero-order chi connectivity index (χ0) is 14.3. The van der Waals surface area contributed by atoms with Crippen molar-refractivity contribution in [3.8, 4) is 11.5 Å². The van der Waals surface area contributed by atoms with Crippen LogP contribution in [0.3, 0.4) is 0 Å². The van der Waals surface area contributed by atoms with Crippen molar-refractivity contribution in [3.63, 3.8) is 0 Å². The number of nitrogens with one attached hydrogen (secondary N) is 1. The molecule has 20 heavy (non-hydrogen) atoms. The number of likely N-dealkylation sites (tertiary alicyclic amines) is 1. The minimum atomic E-state index is -0.657. The average Bonchev–Trinajstić information content (AvgIpc) is 2.95. The molecule has 3 heterocycles. The molecule has 2 aromatic rings. The molecule has 0 saturated carbocycles. The van der Waals surface area contributed by atoms with Crippen molar-refractivity contribution in [2.75, 3.05) is 7.05 Å². The van der Waals surface area contributed by atoms with Crippen LogP contribution in [-0.2, 0) is 9.59 Å². The summed E-state index contributed by atoms with van der Waals surface area (Å²) in [5, 5.41) is 6.77. The van der Waals surface area contributed by atoms with Gasteiger partial charge in [0.2, 0.25) is 5.91 Å². The van der Waals surface area contributed by atoms with Crippen molar-refractivity contribution in [3.05, 3.63) is 29.2 Å². The minimum absolute atomic E-state index is 0.0863. The topological polar surface area (TPSA) is 83.9 Å². The number of likely N-dealkylation sites (N-methyl/N-ethyl adjacent to an activating group) is 1. The van der Waals surface area contributed by atoms with Crippen LogP contribution in [0.1, 0.15) is 12.5 Å². The highest BCUT2D eigenvalue weighted by atomic mass is 32.1. The lowest BCUT2D eigenvalue weighted by Gasteiger charge is -2.12. The van der Waals surface area contributed by atoms with E-state index in [1.807, 2.05) is 6.07 Å². The number of H-pyrrole nitrogens is 1. The lowest BCUT2D eigenvalue weighted by Crippen LogP contribution is -2.27. The number of aromatic nitrogens is 4. The third-order valence-electron chi connectivity index (χ3n) is 3.27. The van der Waals surface area contributed by atoms with Gasteiger partial charge in [0.1, 0.15) is 11.7 Å². The van der Waals surface area contributed by atoms with Gasteiger partial charge >= 0.3 is 0 Å². The summed E-state index contributed by atoms with van der Waals surface area (Å²) < 4.78 is 1.86. The van der Waals surface area contributed by atoms with Gasteiger partial charge in [0, 0.05) is 13.2 Å². The Kier molecular flexibility index (Phi) is 2.94. The molecule has 3 rings (SSSR count). The Morgan fingerprint density at radius 2 is 2.20 bits per heavy atom. The molecular weight excluding hydrogens is 278 g/mol. The Morgan fingerprint density at radius 3 is 2.80 bits per heavy atom. The van der Waals surface area contributed by atoms with Crippen LogP contribution in [0, 0.1) is 4.77 Å². The van der Waals surface area contributed by atoms with Gasteiger partial charge in [-0.3, -0.25) is 29.1 Å². The Morgan fingerprint density at radius 1 is 1.40 bits per heavy atom. The second kappa shape index (κ2) is 4.64. The van der Waals surface area contributed by atoms with Crippen molar-refractivity contribution >= 4 is 24.0 Å². The highest BCUT2D eigenvalue weighted by Gasteiger charge is 2.39. The SMILES string of the molecule is CN1C(=O)CC(n2c(-c3ccccn3)n[nH]c2=S)C1=O. The van der Waals surface area contributed by atoms with Crippen LogP contribution in [0.2, 0.25) is 0 Å². The molecule has 1 unspecified atom stereocenters. The molecular formula is C12H11N5O2S. The van der Waals surface area contributed by atoms with Gasteiger partial charge in [0.15, 0.2) is 10.6 Å². The van der Waals surface area contributed by atoms with Crippen molar-refractivity contribution in [1.82, 2.24) is 24.6 Å². The Hall–Kier alpha value is -2.35. The van der Waals surface area contributed by atoms with Crippen LogP contribution in [0.15, 0.2) is 24.4 Å². The lowest BCUT2D eigenvalue weighted by molar-refractivity contribution is -0.137. The first-order chi connectivity index (χ1) is 9.59. The van der Waals surface area contributed by atoms with Crippen LogP contribution in [0.25, 0.3) is 11.5 Å². The van der Waals surface area contributed by atoms with Gasteiger partial charge in [-0.15, -0.1) is 0 Å². The number of aromatic amines is 1. The molecule has 2 aromatic heterocycles. The third kappa shape index (κ3) is 1.85. The minimum Gasteiger partial charge on any atom is -0.286 e. The van der Waals surface area contributed by atoms with E-state index in [4.69, 9.17) is 12.2 Å². The molecule has 1 atom stereocenters. The van der Waals surface area contributed by atoms with E-state index in [-0.39, 0.29) is 18.2 Å². The normalized spacial score (nSPS) is 18.9. The highest BCUT2D eigenvalue weighted by Crippen LogP contribution is 2.27. The van der Waals surface area contributed by atoms with E-state index in [2.05, 4.69) is 15.2 Å². The maximum atomic E-state index is 12.1. The smallest absolute Gasteiger partial charge is 0.252 e. The molecule has 1 aliphatic heterocycles.